The maximum atomic E-state index is 13.2. The minimum Gasteiger partial charge on any atom is -0.507 e. The summed E-state index contributed by atoms with van der Waals surface area (Å²) in [4.78, 5) is 29.8. The lowest BCUT2D eigenvalue weighted by atomic mass is 9.94. The third-order valence-corrected chi connectivity index (χ3v) is 5.71. The Morgan fingerprint density at radius 3 is 2.17 bits per heavy atom. The Morgan fingerprint density at radius 1 is 1.00 bits per heavy atom. The molecule has 0 saturated carbocycles. The number of hydrogen-bond acceptors (Lipinski definition) is 6. The number of ketones is 1. The molecule has 7 heteroatoms. The van der Waals surface area contributed by atoms with Gasteiger partial charge in [0.2, 0.25) is 0 Å². The first-order valence-corrected chi connectivity index (χ1v) is 12.0. The van der Waals surface area contributed by atoms with Crippen LogP contribution in [0.4, 0.5) is 0 Å². The SMILES string of the molecule is Cc1cc(/C(O)=C2/C(=O)C(=O)N(CCN(C)C)C2c2ccc(OC(C)C)cc2)ccc1OC(C)C. The van der Waals surface area contributed by atoms with E-state index in [9.17, 15) is 14.7 Å². The number of amides is 1. The van der Waals surface area contributed by atoms with E-state index in [1.54, 1.807) is 18.2 Å². The summed E-state index contributed by atoms with van der Waals surface area (Å²) >= 11 is 0. The van der Waals surface area contributed by atoms with Crippen LogP contribution in [0.15, 0.2) is 48.0 Å². The van der Waals surface area contributed by atoms with Crippen molar-refractivity contribution < 1.29 is 24.2 Å². The number of carbonyl (C=O) groups is 2. The van der Waals surface area contributed by atoms with Gasteiger partial charge in [0.15, 0.2) is 0 Å². The monoisotopic (exact) mass is 480 g/mol. The van der Waals surface area contributed by atoms with E-state index >= 15 is 0 Å². The van der Waals surface area contributed by atoms with Crippen molar-refractivity contribution in [1.29, 1.82) is 0 Å². The fourth-order valence-corrected chi connectivity index (χ4v) is 4.10. The summed E-state index contributed by atoms with van der Waals surface area (Å²) in [5.41, 5.74) is 2.12. The number of aliphatic hydroxyl groups is 1. The van der Waals surface area contributed by atoms with Crippen LogP contribution >= 0.6 is 0 Å². The molecule has 1 aliphatic rings. The second kappa shape index (κ2) is 11.0. The molecule has 1 aliphatic heterocycles. The molecule has 1 amide bonds. The summed E-state index contributed by atoms with van der Waals surface area (Å²) in [7, 11) is 3.82. The summed E-state index contributed by atoms with van der Waals surface area (Å²) in [5, 5.41) is 11.3. The largest absolute Gasteiger partial charge is 0.507 e. The Morgan fingerprint density at radius 2 is 1.63 bits per heavy atom. The van der Waals surface area contributed by atoms with E-state index in [2.05, 4.69) is 0 Å². The molecule has 7 nitrogen and oxygen atoms in total. The van der Waals surface area contributed by atoms with Gasteiger partial charge in [-0.2, -0.15) is 0 Å². The Balaban J connectivity index is 2.09. The maximum Gasteiger partial charge on any atom is 0.295 e. The minimum absolute atomic E-state index is 0.0119. The van der Waals surface area contributed by atoms with Crippen LogP contribution in [0.1, 0.15) is 50.4 Å². The van der Waals surface area contributed by atoms with Gasteiger partial charge in [0, 0.05) is 18.7 Å². The number of hydrogen-bond donors (Lipinski definition) is 1. The zero-order valence-electron chi connectivity index (χ0n) is 21.7. The summed E-state index contributed by atoms with van der Waals surface area (Å²) in [6, 6.07) is 11.9. The Labute approximate surface area is 207 Å². The molecular formula is C28H36N2O5. The summed E-state index contributed by atoms with van der Waals surface area (Å²) < 4.78 is 11.5. The molecule has 2 aromatic rings. The van der Waals surface area contributed by atoms with Crippen molar-refractivity contribution in [3.05, 3.63) is 64.7 Å². The predicted octanol–water partition coefficient (Wildman–Crippen LogP) is 4.55. The van der Waals surface area contributed by atoms with E-state index in [0.717, 1.165) is 11.1 Å². The van der Waals surface area contributed by atoms with Gasteiger partial charge in [-0.1, -0.05) is 12.1 Å². The van der Waals surface area contributed by atoms with Crippen molar-refractivity contribution in [3.63, 3.8) is 0 Å². The predicted molar refractivity (Wildman–Crippen MR) is 137 cm³/mol. The normalized spacial score (nSPS) is 17.7. The average molecular weight is 481 g/mol. The van der Waals surface area contributed by atoms with Crippen LogP contribution in [-0.2, 0) is 9.59 Å². The first-order valence-electron chi connectivity index (χ1n) is 12.0. The molecule has 0 spiro atoms. The molecule has 1 fully saturated rings. The topological polar surface area (TPSA) is 79.3 Å². The third kappa shape index (κ3) is 6.03. The highest BCUT2D eigenvalue weighted by molar-refractivity contribution is 6.46. The third-order valence-electron chi connectivity index (χ3n) is 5.71. The fourth-order valence-electron chi connectivity index (χ4n) is 4.10. The highest BCUT2D eigenvalue weighted by atomic mass is 16.5. The molecule has 1 N–H and O–H groups in total. The first kappa shape index (κ1) is 26.3. The van der Waals surface area contributed by atoms with Gasteiger partial charge in [0.25, 0.3) is 11.7 Å². The molecule has 1 atom stereocenters. The standard InChI is InChI=1S/C28H36N2O5/c1-17(2)34-22-11-8-20(9-12-22)25-24(27(32)28(33)30(25)15-14-29(6)7)26(31)21-10-13-23(19(5)16-21)35-18(3)4/h8-13,16-18,25,31H,14-15H2,1-7H3/b26-24-. The van der Waals surface area contributed by atoms with E-state index in [1.807, 2.05) is 77.9 Å². The molecule has 1 heterocycles. The number of Topliss-reactive ketones (excluding diaryl/α,β-unsaturated/α-hetero) is 1. The number of ether oxygens (including phenoxy) is 2. The Bertz CT molecular complexity index is 1100. The van der Waals surface area contributed by atoms with E-state index in [-0.39, 0.29) is 23.5 Å². The van der Waals surface area contributed by atoms with E-state index in [0.29, 0.717) is 30.2 Å². The highest BCUT2D eigenvalue weighted by Crippen LogP contribution is 2.40. The second-order valence-electron chi connectivity index (χ2n) is 9.68. The van der Waals surface area contributed by atoms with Gasteiger partial charge in [-0.25, -0.2) is 0 Å². The van der Waals surface area contributed by atoms with Gasteiger partial charge in [-0.05, 0) is 90.2 Å². The number of nitrogens with zero attached hydrogens (tertiary/aromatic N) is 2. The number of carbonyl (C=O) groups excluding carboxylic acids is 2. The van der Waals surface area contributed by atoms with Crippen molar-refractivity contribution in [2.75, 3.05) is 27.2 Å². The average Bonchev–Trinajstić information content (AvgIpc) is 3.03. The molecule has 1 unspecified atom stereocenters. The van der Waals surface area contributed by atoms with Gasteiger partial charge in [0.05, 0.1) is 23.8 Å². The Hall–Kier alpha value is -3.32. The lowest BCUT2D eigenvalue weighted by Gasteiger charge is -2.27. The van der Waals surface area contributed by atoms with Crippen LogP contribution in [0.2, 0.25) is 0 Å². The summed E-state index contributed by atoms with van der Waals surface area (Å²) in [6.07, 6.45) is 0.0373. The quantitative estimate of drug-likeness (QED) is 0.322. The van der Waals surface area contributed by atoms with Crippen LogP contribution in [0.25, 0.3) is 5.76 Å². The van der Waals surface area contributed by atoms with Crippen LogP contribution in [0, 0.1) is 6.92 Å². The van der Waals surface area contributed by atoms with Gasteiger partial charge in [-0.3, -0.25) is 9.59 Å². The molecule has 188 valence electrons. The van der Waals surface area contributed by atoms with Gasteiger partial charge < -0.3 is 24.4 Å². The van der Waals surface area contributed by atoms with Crippen LogP contribution < -0.4 is 9.47 Å². The number of aryl methyl sites for hydroxylation is 1. The van der Waals surface area contributed by atoms with Crippen molar-refractivity contribution in [1.82, 2.24) is 9.80 Å². The smallest absolute Gasteiger partial charge is 0.295 e. The molecule has 0 aromatic heterocycles. The number of benzene rings is 2. The van der Waals surface area contributed by atoms with Crippen molar-refractivity contribution in [2.45, 2.75) is 52.9 Å². The lowest BCUT2D eigenvalue weighted by molar-refractivity contribution is -0.140. The summed E-state index contributed by atoms with van der Waals surface area (Å²) in [5.74, 6) is -0.0839. The zero-order valence-corrected chi connectivity index (χ0v) is 21.7. The maximum absolute atomic E-state index is 13.2. The second-order valence-corrected chi connectivity index (χ2v) is 9.68. The molecule has 3 rings (SSSR count). The van der Waals surface area contributed by atoms with Gasteiger partial charge in [-0.15, -0.1) is 0 Å². The van der Waals surface area contributed by atoms with E-state index < -0.39 is 17.7 Å². The molecule has 35 heavy (non-hydrogen) atoms. The van der Waals surface area contributed by atoms with Gasteiger partial charge >= 0.3 is 0 Å². The molecule has 0 aliphatic carbocycles. The number of rotatable bonds is 9. The molecule has 0 radical (unpaired) electrons. The molecule has 1 saturated heterocycles. The number of likely N-dealkylation sites (N-methyl/N-ethyl adjacent to an activating group) is 1. The van der Waals surface area contributed by atoms with Crippen LogP contribution in [0.5, 0.6) is 11.5 Å². The van der Waals surface area contributed by atoms with Crippen molar-refractivity contribution in [3.8, 4) is 11.5 Å². The van der Waals surface area contributed by atoms with Gasteiger partial charge in [0.1, 0.15) is 17.3 Å². The van der Waals surface area contributed by atoms with E-state index in [1.165, 1.54) is 4.90 Å². The lowest BCUT2D eigenvalue weighted by Crippen LogP contribution is -2.35. The van der Waals surface area contributed by atoms with Crippen LogP contribution in [-0.4, -0.2) is 66.0 Å². The fraction of sp³-hybridized carbons (Fsp3) is 0.429. The molecule has 0 bridgehead atoms. The van der Waals surface area contributed by atoms with Crippen LogP contribution in [0.3, 0.4) is 0 Å². The summed E-state index contributed by atoms with van der Waals surface area (Å²) in [6.45, 7) is 10.6. The van der Waals surface area contributed by atoms with Crippen molar-refractivity contribution in [2.24, 2.45) is 0 Å². The molecular weight excluding hydrogens is 444 g/mol. The first-order chi connectivity index (χ1) is 16.5. The van der Waals surface area contributed by atoms with Crippen molar-refractivity contribution >= 4 is 17.4 Å². The minimum atomic E-state index is -0.699. The molecule has 2 aromatic carbocycles. The Kier molecular flexibility index (Phi) is 8.22. The number of aliphatic hydroxyl groups excluding tert-OH is 1. The number of likely N-dealkylation sites (tertiary alicyclic amines) is 1. The van der Waals surface area contributed by atoms with E-state index in [4.69, 9.17) is 9.47 Å². The highest BCUT2D eigenvalue weighted by Gasteiger charge is 2.45. The zero-order chi connectivity index (χ0) is 25.9.